The fourth-order valence-corrected chi connectivity index (χ4v) is 1.84. The number of rotatable bonds is 2. The van der Waals surface area contributed by atoms with Crippen LogP contribution in [0.25, 0.3) is 0 Å². The molecule has 3 atom stereocenters. The van der Waals surface area contributed by atoms with Crippen LogP contribution in [0.5, 0.6) is 0 Å². The summed E-state index contributed by atoms with van der Waals surface area (Å²) in [6.45, 7) is 5.49. The number of aliphatic hydroxyl groups is 1. The first-order chi connectivity index (χ1) is 7.64. The zero-order valence-electron chi connectivity index (χ0n) is 10.8. The Balaban J connectivity index is 0.00000289. The second-order valence-electron chi connectivity index (χ2n) is 5.58. The molecule has 1 aliphatic heterocycles. The van der Waals surface area contributed by atoms with Gasteiger partial charge in [0.25, 0.3) is 0 Å². The van der Waals surface area contributed by atoms with E-state index >= 15 is 0 Å². The lowest BCUT2D eigenvalue weighted by atomic mass is 9.86. The molecule has 0 unspecified atom stereocenters. The second-order valence-corrected chi connectivity index (χ2v) is 5.58. The van der Waals surface area contributed by atoms with E-state index in [-0.39, 0.29) is 25.4 Å². The van der Waals surface area contributed by atoms with E-state index in [2.05, 4.69) is 0 Å². The SMILES string of the molecule is CC(C)(C)[C@H](N)C(=O)N1C[C@H](O)C[C@H]1C(=O)O.Cl. The zero-order valence-corrected chi connectivity index (χ0v) is 11.6. The summed E-state index contributed by atoms with van der Waals surface area (Å²) in [6, 6.07) is -1.74. The van der Waals surface area contributed by atoms with Gasteiger partial charge in [0.05, 0.1) is 12.1 Å². The van der Waals surface area contributed by atoms with Gasteiger partial charge >= 0.3 is 5.97 Å². The molecule has 1 heterocycles. The number of hydrogen-bond acceptors (Lipinski definition) is 4. The van der Waals surface area contributed by atoms with Crippen LogP contribution in [0.3, 0.4) is 0 Å². The summed E-state index contributed by atoms with van der Waals surface area (Å²) in [7, 11) is 0. The average Bonchev–Trinajstić information content (AvgIpc) is 2.56. The average molecular weight is 281 g/mol. The predicted molar refractivity (Wildman–Crippen MR) is 68.4 cm³/mol. The van der Waals surface area contributed by atoms with Gasteiger partial charge in [-0.1, -0.05) is 20.8 Å². The lowest BCUT2D eigenvalue weighted by molar-refractivity contribution is -0.149. The van der Waals surface area contributed by atoms with Gasteiger partial charge in [0, 0.05) is 13.0 Å². The summed E-state index contributed by atoms with van der Waals surface area (Å²) in [5.74, 6) is -1.52. The second kappa shape index (κ2) is 5.86. The van der Waals surface area contributed by atoms with Gasteiger partial charge in [0.15, 0.2) is 0 Å². The number of aliphatic carboxylic acids is 1. The highest BCUT2D eigenvalue weighted by Crippen LogP contribution is 2.24. The molecular formula is C11H21ClN2O4. The Morgan fingerprint density at radius 3 is 2.28 bits per heavy atom. The Labute approximate surface area is 113 Å². The standard InChI is InChI=1S/C11H20N2O4.ClH/c1-11(2,3)8(12)9(15)13-5-6(14)4-7(13)10(16)17;/h6-8,14H,4-5,12H2,1-3H3,(H,16,17);1H/t6-,7+,8-;/m1./s1. The minimum atomic E-state index is -1.10. The first kappa shape index (κ1) is 17.2. The van der Waals surface area contributed by atoms with Gasteiger partial charge in [-0.05, 0) is 5.41 Å². The van der Waals surface area contributed by atoms with E-state index in [4.69, 9.17) is 10.8 Å². The number of aliphatic hydroxyl groups excluding tert-OH is 1. The highest BCUT2D eigenvalue weighted by Gasteiger charge is 2.42. The molecule has 0 spiro atoms. The first-order valence-corrected chi connectivity index (χ1v) is 5.61. The Hall–Kier alpha value is -0.850. The molecule has 1 rings (SSSR count). The fraction of sp³-hybridized carbons (Fsp3) is 0.818. The van der Waals surface area contributed by atoms with Crippen LogP contribution in [0.4, 0.5) is 0 Å². The predicted octanol–water partition coefficient (Wildman–Crippen LogP) is -0.172. The van der Waals surface area contributed by atoms with Gasteiger partial charge in [0.2, 0.25) is 5.91 Å². The van der Waals surface area contributed by atoms with Crippen molar-refractivity contribution in [1.82, 2.24) is 4.90 Å². The molecule has 0 aromatic heterocycles. The number of amides is 1. The molecule has 6 nitrogen and oxygen atoms in total. The number of likely N-dealkylation sites (tertiary alicyclic amines) is 1. The molecule has 0 aromatic carbocycles. The largest absolute Gasteiger partial charge is 0.480 e. The molecule has 4 N–H and O–H groups in total. The maximum atomic E-state index is 12.1. The van der Waals surface area contributed by atoms with Crippen molar-refractivity contribution in [2.75, 3.05) is 6.54 Å². The molecule has 7 heteroatoms. The number of carbonyl (C=O) groups is 2. The summed E-state index contributed by atoms with van der Waals surface area (Å²) in [5, 5.41) is 18.4. The minimum Gasteiger partial charge on any atom is -0.480 e. The lowest BCUT2D eigenvalue weighted by Gasteiger charge is -2.31. The molecule has 1 saturated heterocycles. The Morgan fingerprint density at radius 2 is 1.89 bits per heavy atom. The summed E-state index contributed by atoms with van der Waals surface area (Å²) in [4.78, 5) is 24.2. The van der Waals surface area contributed by atoms with Gasteiger partial charge < -0.3 is 20.8 Å². The molecule has 0 aromatic rings. The van der Waals surface area contributed by atoms with Crippen molar-refractivity contribution < 1.29 is 19.8 Å². The molecule has 0 aliphatic carbocycles. The van der Waals surface area contributed by atoms with Crippen molar-refractivity contribution in [3.63, 3.8) is 0 Å². The summed E-state index contributed by atoms with van der Waals surface area (Å²) < 4.78 is 0. The van der Waals surface area contributed by atoms with Crippen LogP contribution in [0.2, 0.25) is 0 Å². The van der Waals surface area contributed by atoms with Crippen LogP contribution >= 0.6 is 12.4 Å². The molecule has 1 aliphatic rings. The molecular weight excluding hydrogens is 260 g/mol. The van der Waals surface area contributed by atoms with Crippen LogP contribution in [0.15, 0.2) is 0 Å². The van der Waals surface area contributed by atoms with E-state index in [1.54, 1.807) is 0 Å². The van der Waals surface area contributed by atoms with Crippen LogP contribution < -0.4 is 5.73 Å². The van der Waals surface area contributed by atoms with E-state index in [0.29, 0.717) is 0 Å². The summed E-state index contributed by atoms with van der Waals surface area (Å²) in [5.41, 5.74) is 5.38. The van der Waals surface area contributed by atoms with Crippen LogP contribution in [-0.2, 0) is 9.59 Å². The van der Waals surface area contributed by atoms with Crippen LogP contribution in [0, 0.1) is 5.41 Å². The van der Waals surface area contributed by atoms with E-state index in [1.165, 1.54) is 4.90 Å². The highest BCUT2D eigenvalue weighted by molar-refractivity contribution is 5.88. The van der Waals surface area contributed by atoms with Gasteiger partial charge in [-0.2, -0.15) is 0 Å². The lowest BCUT2D eigenvalue weighted by Crippen LogP contribution is -2.53. The van der Waals surface area contributed by atoms with Gasteiger partial charge in [-0.15, -0.1) is 12.4 Å². The monoisotopic (exact) mass is 280 g/mol. The van der Waals surface area contributed by atoms with Gasteiger partial charge in [-0.3, -0.25) is 4.79 Å². The number of carboxylic acid groups (broad SMARTS) is 1. The number of carboxylic acids is 1. The molecule has 18 heavy (non-hydrogen) atoms. The minimum absolute atomic E-state index is 0. The molecule has 1 fully saturated rings. The van der Waals surface area contributed by atoms with Crippen molar-refractivity contribution in [1.29, 1.82) is 0 Å². The number of halogens is 1. The third kappa shape index (κ3) is 3.57. The number of carbonyl (C=O) groups excluding carboxylic acids is 1. The third-order valence-electron chi connectivity index (χ3n) is 3.05. The number of β-amino-alcohol motifs (C(OH)–C–C–N with tert-alkyl or cyclic N) is 1. The summed E-state index contributed by atoms with van der Waals surface area (Å²) >= 11 is 0. The molecule has 0 bridgehead atoms. The first-order valence-electron chi connectivity index (χ1n) is 5.61. The topological polar surface area (TPSA) is 104 Å². The molecule has 0 saturated carbocycles. The van der Waals surface area contributed by atoms with Crippen LogP contribution in [0.1, 0.15) is 27.2 Å². The van der Waals surface area contributed by atoms with E-state index in [0.717, 1.165) is 0 Å². The van der Waals surface area contributed by atoms with Gasteiger partial charge in [-0.25, -0.2) is 4.79 Å². The molecule has 106 valence electrons. The van der Waals surface area contributed by atoms with Crippen molar-refractivity contribution in [3.05, 3.63) is 0 Å². The maximum absolute atomic E-state index is 12.1. The van der Waals surface area contributed by atoms with Crippen LogP contribution in [-0.4, -0.2) is 51.7 Å². The Morgan fingerprint density at radius 1 is 1.39 bits per heavy atom. The van der Waals surface area contributed by atoms with Crippen molar-refractivity contribution in [2.24, 2.45) is 11.1 Å². The zero-order chi connectivity index (χ0) is 13.4. The highest BCUT2D eigenvalue weighted by atomic mass is 35.5. The maximum Gasteiger partial charge on any atom is 0.326 e. The number of hydrogen-bond donors (Lipinski definition) is 3. The van der Waals surface area contributed by atoms with Crippen molar-refractivity contribution in [3.8, 4) is 0 Å². The van der Waals surface area contributed by atoms with Crippen molar-refractivity contribution in [2.45, 2.75) is 45.4 Å². The normalized spacial score (nSPS) is 25.5. The Kier molecular flexibility index (Phi) is 5.58. The van der Waals surface area contributed by atoms with E-state index < -0.39 is 35.5 Å². The van der Waals surface area contributed by atoms with E-state index in [9.17, 15) is 14.7 Å². The molecule has 0 radical (unpaired) electrons. The number of nitrogens with zero attached hydrogens (tertiary/aromatic N) is 1. The summed E-state index contributed by atoms with van der Waals surface area (Å²) in [6.07, 6.45) is -0.718. The third-order valence-corrected chi connectivity index (χ3v) is 3.05. The fourth-order valence-electron chi connectivity index (χ4n) is 1.84. The van der Waals surface area contributed by atoms with Gasteiger partial charge in [0.1, 0.15) is 6.04 Å². The smallest absolute Gasteiger partial charge is 0.326 e. The molecule has 1 amide bonds. The Bertz CT molecular complexity index is 329. The quantitative estimate of drug-likeness (QED) is 0.651. The van der Waals surface area contributed by atoms with Crippen molar-refractivity contribution >= 4 is 24.3 Å². The van der Waals surface area contributed by atoms with E-state index in [1.807, 2.05) is 20.8 Å². The number of nitrogens with two attached hydrogens (primary N) is 1.